The summed E-state index contributed by atoms with van der Waals surface area (Å²) in [6, 6.07) is 12.4. The molecule has 0 aliphatic heterocycles. The second-order valence-electron chi connectivity index (χ2n) is 6.93. The zero-order chi connectivity index (χ0) is 22.8. The summed E-state index contributed by atoms with van der Waals surface area (Å²) in [5.74, 6) is -1.27. The molecule has 2 atom stereocenters. The SMILES string of the molecule is CCOc1ccccc1NC(=O)COC(=O)C(NC(=O)c1ccc(Cl)cc1)C(C)CC. The summed E-state index contributed by atoms with van der Waals surface area (Å²) in [5, 5.41) is 5.86. The van der Waals surface area contributed by atoms with Crippen molar-refractivity contribution < 1.29 is 23.9 Å². The lowest BCUT2D eigenvalue weighted by Crippen LogP contribution is -2.46. The van der Waals surface area contributed by atoms with E-state index in [1.54, 1.807) is 48.5 Å². The molecule has 2 rings (SSSR count). The van der Waals surface area contributed by atoms with Gasteiger partial charge in [0.05, 0.1) is 12.3 Å². The molecule has 2 N–H and O–H groups in total. The summed E-state index contributed by atoms with van der Waals surface area (Å²) in [7, 11) is 0. The Morgan fingerprint density at radius 1 is 1.03 bits per heavy atom. The van der Waals surface area contributed by atoms with E-state index >= 15 is 0 Å². The van der Waals surface area contributed by atoms with Crippen molar-refractivity contribution >= 4 is 35.1 Å². The topological polar surface area (TPSA) is 93.7 Å². The van der Waals surface area contributed by atoms with E-state index < -0.39 is 30.4 Å². The molecule has 0 aliphatic carbocycles. The van der Waals surface area contributed by atoms with E-state index in [1.165, 1.54) is 0 Å². The van der Waals surface area contributed by atoms with Crippen LogP contribution in [-0.4, -0.2) is 37.0 Å². The Balaban J connectivity index is 1.98. The van der Waals surface area contributed by atoms with Gasteiger partial charge in [0.25, 0.3) is 11.8 Å². The molecular weight excluding hydrogens is 420 g/mol. The maximum absolute atomic E-state index is 12.6. The van der Waals surface area contributed by atoms with Crippen molar-refractivity contribution in [1.29, 1.82) is 0 Å². The van der Waals surface area contributed by atoms with Gasteiger partial charge in [-0.25, -0.2) is 4.79 Å². The number of amides is 2. The van der Waals surface area contributed by atoms with Crippen molar-refractivity contribution in [2.45, 2.75) is 33.2 Å². The van der Waals surface area contributed by atoms with E-state index in [2.05, 4.69) is 10.6 Å². The fraction of sp³-hybridized carbons (Fsp3) is 0.348. The van der Waals surface area contributed by atoms with Gasteiger partial charge < -0.3 is 20.1 Å². The largest absolute Gasteiger partial charge is 0.492 e. The van der Waals surface area contributed by atoms with E-state index in [9.17, 15) is 14.4 Å². The molecule has 0 spiro atoms. The Bertz CT molecular complexity index is 901. The molecule has 0 saturated heterocycles. The van der Waals surface area contributed by atoms with E-state index in [-0.39, 0.29) is 5.92 Å². The third-order valence-corrected chi connectivity index (χ3v) is 4.92. The second-order valence-corrected chi connectivity index (χ2v) is 7.37. The maximum Gasteiger partial charge on any atom is 0.329 e. The van der Waals surface area contributed by atoms with Gasteiger partial charge in [-0.3, -0.25) is 9.59 Å². The molecular formula is C23H27ClN2O5. The van der Waals surface area contributed by atoms with Gasteiger partial charge in [0.2, 0.25) is 0 Å². The number of anilines is 1. The standard InChI is InChI=1S/C23H27ClN2O5/c1-4-15(3)21(26-22(28)16-10-12-17(24)13-11-16)23(29)31-14-20(27)25-18-8-6-7-9-19(18)30-5-2/h6-13,15,21H,4-5,14H2,1-3H3,(H,25,27)(H,26,28). The first-order chi connectivity index (χ1) is 14.8. The first-order valence-corrected chi connectivity index (χ1v) is 10.5. The van der Waals surface area contributed by atoms with Crippen LogP contribution >= 0.6 is 11.6 Å². The van der Waals surface area contributed by atoms with Crippen LogP contribution in [0.2, 0.25) is 5.02 Å². The summed E-state index contributed by atoms with van der Waals surface area (Å²) in [5.41, 5.74) is 0.857. The van der Waals surface area contributed by atoms with Crippen LogP contribution in [0, 0.1) is 5.92 Å². The van der Waals surface area contributed by atoms with Gasteiger partial charge >= 0.3 is 5.97 Å². The van der Waals surface area contributed by atoms with Crippen molar-refractivity contribution in [3.8, 4) is 5.75 Å². The van der Waals surface area contributed by atoms with Gasteiger partial charge in [0, 0.05) is 10.6 Å². The number of hydrogen-bond donors (Lipinski definition) is 2. The lowest BCUT2D eigenvalue weighted by Gasteiger charge is -2.22. The summed E-state index contributed by atoms with van der Waals surface area (Å²) < 4.78 is 10.7. The molecule has 2 aromatic rings. The Labute approximate surface area is 187 Å². The molecule has 0 aromatic heterocycles. The molecule has 7 nitrogen and oxygen atoms in total. The first-order valence-electron chi connectivity index (χ1n) is 10.1. The summed E-state index contributed by atoms with van der Waals surface area (Å²) in [6.45, 7) is 5.53. The van der Waals surface area contributed by atoms with Crippen LogP contribution < -0.4 is 15.4 Å². The van der Waals surface area contributed by atoms with Crippen LogP contribution in [0.3, 0.4) is 0 Å². The summed E-state index contributed by atoms with van der Waals surface area (Å²) in [4.78, 5) is 37.4. The fourth-order valence-electron chi connectivity index (χ4n) is 2.76. The smallest absolute Gasteiger partial charge is 0.329 e. The Kier molecular flexibility index (Phi) is 9.34. The van der Waals surface area contributed by atoms with E-state index in [0.717, 1.165) is 0 Å². The van der Waals surface area contributed by atoms with Crippen LogP contribution in [0.15, 0.2) is 48.5 Å². The van der Waals surface area contributed by atoms with Gasteiger partial charge in [0.1, 0.15) is 11.8 Å². The number of nitrogens with one attached hydrogen (secondary N) is 2. The lowest BCUT2D eigenvalue weighted by molar-refractivity contribution is -0.150. The Hall–Kier alpha value is -3.06. The minimum atomic E-state index is -0.892. The average Bonchev–Trinajstić information content (AvgIpc) is 2.77. The number of halogens is 1. The van der Waals surface area contributed by atoms with E-state index in [0.29, 0.717) is 35.1 Å². The van der Waals surface area contributed by atoms with Crippen LogP contribution in [0.1, 0.15) is 37.6 Å². The van der Waals surface area contributed by atoms with Crippen molar-refractivity contribution in [3.63, 3.8) is 0 Å². The summed E-state index contributed by atoms with van der Waals surface area (Å²) in [6.07, 6.45) is 0.634. The molecule has 8 heteroatoms. The summed E-state index contributed by atoms with van der Waals surface area (Å²) >= 11 is 5.85. The van der Waals surface area contributed by atoms with Gasteiger partial charge in [-0.2, -0.15) is 0 Å². The average molecular weight is 447 g/mol. The number of carbonyl (C=O) groups excluding carboxylic acids is 3. The Morgan fingerprint density at radius 2 is 1.71 bits per heavy atom. The zero-order valence-corrected chi connectivity index (χ0v) is 18.6. The number of para-hydroxylation sites is 2. The molecule has 0 heterocycles. The fourth-order valence-corrected chi connectivity index (χ4v) is 2.89. The number of ether oxygens (including phenoxy) is 2. The van der Waals surface area contributed by atoms with Gasteiger partial charge in [0.15, 0.2) is 6.61 Å². The highest BCUT2D eigenvalue weighted by Gasteiger charge is 2.28. The van der Waals surface area contributed by atoms with Crippen LogP contribution in [0.4, 0.5) is 5.69 Å². The molecule has 0 aliphatic rings. The molecule has 31 heavy (non-hydrogen) atoms. The van der Waals surface area contributed by atoms with Crippen molar-refractivity contribution in [3.05, 3.63) is 59.1 Å². The monoisotopic (exact) mass is 446 g/mol. The van der Waals surface area contributed by atoms with Gasteiger partial charge in [-0.15, -0.1) is 0 Å². The maximum atomic E-state index is 12.6. The molecule has 2 amide bonds. The second kappa shape index (κ2) is 12.0. The number of esters is 1. The van der Waals surface area contributed by atoms with Crippen molar-refractivity contribution in [2.75, 3.05) is 18.5 Å². The molecule has 0 saturated carbocycles. The minimum absolute atomic E-state index is 0.189. The minimum Gasteiger partial charge on any atom is -0.492 e. The van der Waals surface area contributed by atoms with Crippen LogP contribution in [0.25, 0.3) is 0 Å². The van der Waals surface area contributed by atoms with Crippen LogP contribution in [-0.2, 0) is 14.3 Å². The third kappa shape index (κ3) is 7.29. The molecule has 0 radical (unpaired) electrons. The zero-order valence-electron chi connectivity index (χ0n) is 17.8. The number of hydrogen-bond acceptors (Lipinski definition) is 5. The van der Waals surface area contributed by atoms with Crippen LogP contribution in [0.5, 0.6) is 5.75 Å². The number of rotatable bonds is 10. The Morgan fingerprint density at radius 3 is 2.35 bits per heavy atom. The molecule has 2 unspecified atom stereocenters. The lowest BCUT2D eigenvalue weighted by atomic mass is 9.99. The normalized spacial score (nSPS) is 12.4. The van der Waals surface area contributed by atoms with Gasteiger partial charge in [-0.05, 0) is 49.2 Å². The first kappa shape index (κ1) is 24.2. The third-order valence-electron chi connectivity index (χ3n) is 4.67. The van der Waals surface area contributed by atoms with E-state index in [1.807, 2.05) is 20.8 Å². The predicted octanol–water partition coefficient (Wildman–Crippen LogP) is 4.07. The number of carbonyl (C=O) groups is 3. The highest BCUT2D eigenvalue weighted by molar-refractivity contribution is 6.30. The number of benzene rings is 2. The quantitative estimate of drug-likeness (QED) is 0.536. The van der Waals surface area contributed by atoms with E-state index in [4.69, 9.17) is 21.1 Å². The molecule has 2 aromatic carbocycles. The highest BCUT2D eigenvalue weighted by atomic mass is 35.5. The molecule has 0 bridgehead atoms. The molecule has 166 valence electrons. The van der Waals surface area contributed by atoms with Crippen molar-refractivity contribution in [1.82, 2.24) is 5.32 Å². The predicted molar refractivity (Wildman–Crippen MR) is 119 cm³/mol. The molecule has 0 fully saturated rings. The highest BCUT2D eigenvalue weighted by Crippen LogP contribution is 2.23. The van der Waals surface area contributed by atoms with Crippen molar-refractivity contribution in [2.24, 2.45) is 5.92 Å². The van der Waals surface area contributed by atoms with Gasteiger partial charge in [-0.1, -0.05) is 44.0 Å².